The zero-order chi connectivity index (χ0) is 19.8. The Hall–Kier alpha value is -3.21. The molecule has 0 saturated heterocycles. The van der Waals surface area contributed by atoms with E-state index in [1.807, 2.05) is 72.8 Å². The smallest absolute Gasteiger partial charge is 0.275 e. The molecule has 0 unspecified atom stereocenters. The van der Waals surface area contributed by atoms with Crippen LogP contribution >= 0.6 is 23.1 Å². The summed E-state index contributed by atoms with van der Waals surface area (Å²) in [5, 5.41) is 3.57. The van der Waals surface area contributed by atoms with Gasteiger partial charge in [0.05, 0.1) is 5.52 Å². The lowest BCUT2D eigenvalue weighted by Gasteiger charge is -2.23. The summed E-state index contributed by atoms with van der Waals surface area (Å²) in [6.07, 6.45) is 0. The Labute approximate surface area is 176 Å². The first-order chi connectivity index (χ1) is 14.2. The molecule has 0 N–H and O–H groups in total. The van der Waals surface area contributed by atoms with Crippen LogP contribution in [0.25, 0.3) is 21.7 Å². The largest absolute Gasteiger partial charge is 0.276 e. The molecule has 1 aromatic heterocycles. The summed E-state index contributed by atoms with van der Waals surface area (Å²) >= 11 is 7.38. The van der Waals surface area contributed by atoms with Crippen molar-refractivity contribution < 1.29 is 4.79 Å². The molecular weight excluding hydrogens is 400 g/mol. The molecule has 1 amide bonds. The molecule has 0 fully saturated rings. The van der Waals surface area contributed by atoms with Crippen molar-refractivity contribution >= 4 is 62.1 Å². The Kier molecular flexibility index (Phi) is 4.51. The Morgan fingerprint density at radius 2 is 1.55 bits per heavy atom. The van der Waals surface area contributed by atoms with Crippen molar-refractivity contribution in [3.05, 3.63) is 101 Å². The molecule has 0 atom stereocenters. The van der Waals surface area contributed by atoms with Gasteiger partial charge in [-0.05, 0) is 64.8 Å². The van der Waals surface area contributed by atoms with Crippen LogP contribution in [0.4, 0.5) is 11.4 Å². The normalized spacial score (nSPS) is 11.1. The minimum Gasteiger partial charge on any atom is -0.276 e. The summed E-state index contributed by atoms with van der Waals surface area (Å²) < 4.78 is 4.44. The van der Waals surface area contributed by atoms with E-state index in [2.05, 4.69) is 10.4 Å². The van der Waals surface area contributed by atoms with Gasteiger partial charge in [-0.1, -0.05) is 60.1 Å². The molecule has 0 saturated carbocycles. The molecular formula is C24H15ClN2OS. The molecule has 0 aliphatic carbocycles. The van der Waals surface area contributed by atoms with Crippen molar-refractivity contribution in [2.45, 2.75) is 0 Å². The van der Waals surface area contributed by atoms with Crippen molar-refractivity contribution in [3.8, 4) is 0 Å². The number of hydrogen-bond donors (Lipinski definition) is 0. The first-order valence-corrected chi connectivity index (χ1v) is 10.3. The summed E-state index contributed by atoms with van der Waals surface area (Å²) in [6.45, 7) is 0. The highest BCUT2D eigenvalue weighted by atomic mass is 35.5. The average molecular weight is 415 g/mol. The second kappa shape index (κ2) is 7.32. The highest BCUT2D eigenvalue weighted by Gasteiger charge is 2.24. The van der Waals surface area contributed by atoms with Crippen LogP contribution in [0.3, 0.4) is 0 Å². The Bertz CT molecular complexity index is 1350. The predicted octanol–water partition coefficient (Wildman–Crippen LogP) is 7.08. The molecule has 0 bridgehead atoms. The van der Waals surface area contributed by atoms with E-state index in [1.54, 1.807) is 17.0 Å². The van der Waals surface area contributed by atoms with Crippen molar-refractivity contribution in [1.82, 2.24) is 4.37 Å². The molecule has 0 spiro atoms. The molecule has 0 aliphatic heterocycles. The molecule has 29 heavy (non-hydrogen) atoms. The third kappa shape index (κ3) is 3.27. The molecule has 4 aromatic carbocycles. The van der Waals surface area contributed by atoms with Crippen molar-refractivity contribution in [3.63, 3.8) is 0 Å². The van der Waals surface area contributed by atoms with E-state index in [1.165, 1.54) is 11.5 Å². The molecule has 3 nitrogen and oxygen atoms in total. The van der Waals surface area contributed by atoms with Crippen molar-refractivity contribution in [1.29, 1.82) is 0 Å². The van der Waals surface area contributed by atoms with E-state index < -0.39 is 0 Å². The molecule has 5 rings (SSSR count). The number of amides is 1. The van der Waals surface area contributed by atoms with Gasteiger partial charge in [-0.15, -0.1) is 0 Å². The van der Waals surface area contributed by atoms with Gasteiger partial charge < -0.3 is 0 Å². The van der Waals surface area contributed by atoms with E-state index in [9.17, 15) is 4.79 Å². The van der Waals surface area contributed by atoms with E-state index >= 15 is 0 Å². The second-order valence-electron chi connectivity index (χ2n) is 6.68. The van der Waals surface area contributed by atoms with Crippen molar-refractivity contribution in [2.24, 2.45) is 0 Å². The number of halogens is 1. The second-order valence-corrected chi connectivity index (χ2v) is 7.89. The zero-order valence-corrected chi connectivity index (χ0v) is 16.8. The maximum absolute atomic E-state index is 13.7. The van der Waals surface area contributed by atoms with Crippen molar-refractivity contribution in [2.75, 3.05) is 4.90 Å². The lowest BCUT2D eigenvalue weighted by Crippen LogP contribution is -2.25. The molecule has 0 aliphatic rings. The number of aromatic nitrogens is 1. The fourth-order valence-corrected chi connectivity index (χ4v) is 4.40. The lowest BCUT2D eigenvalue weighted by molar-refractivity contribution is 0.100. The quantitative estimate of drug-likeness (QED) is 0.316. The van der Waals surface area contributed by atoms with E-state index in [0.717, 1.165) is 33.1 Å². The highest BCUT2D eigenvalue weighted by molar-refractivity contribution is 7.09. The number of rotatable bonds is 3. The van der Waals surface area contributed by atoms with Crippen LogP contribution in [-0.2, 0) is 0 Å². The third-order valence-corrected chi connectivity index (χ3v) is 5.94. The molecule has 140 valence electrons. The number of carbonyl (C=O) groups is 1. The predicted molar refractivity (Wildman–Crippen MR) is 121 cm³/mol. The summed E-state index contributed by atoms with van der Waals surface area (Å²) in [6, 6.07) is 29.3. The van der Waals surface area contributed by atoms with Gasteiger partial charge in [0.15, 0.2) is 0 Å². The molecule has 1 heterocycles. The van der Waals surface area contributed by atoms with Gasteiger partial charge in [0, 0.05) is 21.8 Å². The number of nitrogens with zero attached hydrogens (tertiary/aromatic N) is 2. The molecule has 0 radical (unpaired) electrons. The minimum absolute atomic E-state index is 0.124. The fourth-order valence-electron chi connectivity index (χ4n) is 3.45. The number of benzene rings is 4. The summed E-state index contributed by atoms with van der Waals surface area (Å²) in [5.74, 6) is -0.124. The van der Waals surface area contributed by atoms with Crippen LogP contribution < -0.4 is 4.90 Å². The average Bonchev–Trinajstić information content (AvgIpc) is 3.17. The lowest BCUT2D eigenvalue weighted by atomic mass is 10.1. The van der Waals surface area contributed by atoms with E-state index in [4.69, 9.17) is 11.6 Å². The molecule has 5 heteroatoms. The summed E-state index contributed by atoms with van der Waals surface area (Å²) in [4.78, 5) is 16.0. The topological polar surface area (TPSA) is 33.2 Å². The van der Waals surface area contributed by atoms with E-state index in [0.29, 0.717) is 9.90 Å². The number of para-hydroxylation sites is 1. The van der Waals surface area contributed by atoms with Crippen LogP contribution in [0.15, 0.2) is 91.0 Å². The SMILES string of the molecule is O=C(c1snc2ccc(Cl)cc12)N(c1ccccc1)c1ccc2ccccc2c1. The van der Waals surface area contributed by atoms with Crippen LogP contribution in [-0.4, -0.2) is 10.3 Å². The van der Waals surface area contributed by atoms with Gasteiger partial charge in [-0.25, -0.2) is 0 Å². The highest BCUT2D eigenvalue weighted by Crippen LogP contribution is 2.33. The van der Waals surface area contributed by atoms with Gasteiger partial charge in [0.2, 0.25) is 0 Å². The van der Waals surface area contributed by atoms with Gasteiger partial charge in [-0.3, -0.25) is 9.69 Å². The Morgan fingerprint density at radius 1 is 0.793 bits per heavy atom. The van der Waals surface area contributed by atoms with Gasteiger partial charge in [-0.2, -0.15) is 4.37 Å². The standard InChI is InChI=1S/C24H15ClN2OS/c25-18-11-13-22-21(15-18)23(29-26-22)24(28)27(19-8-2-1-3-9-19)20-12-10-16-6-4-5-7-17(16)14-20/h1-15H. The Morgan fingerprint density at radius 3 is 2.38 bits per heavy atom. The first kappa shape index (κ1) is 17.9. The van der Waals surface area contributed by atoms with Gasteiger partial charge in [0.25, 0.3) is 5.91 Å². The molecule has 5 aromatic rings. The van der Waals surface area contributed by atoms with Crippen LogP contribution in [0, 0.1) is 0 Å². The summed E-state index contributed by atoms with van der Waals surface area (Å²) in [5.41, 5.74) is 2.38. The third-order valence-electron chi connectivity index (χ3n) is 4.84. The van der Waals surface area contributed by atoms with Gasteiger partial charge >= 0.3 is 0 Å². The number of hydrogen-bond acceptors (Lipinski definition) is 3. The zero-order valence-electron chi connectivity index (χ0n) is 15.2. The summed E-state index contributed by atoms with van der Waals surface area (Å²) in [7, 11) is 0. The Balaban J connectivity index is 1.69. The van der Waals surface area contributed by atoms with Crippen LogP contribution in [0.2, 0.25) is 5.02 Å². The number of fused-ring (bicyclic) bond motifs is 2. The number of anilines is 2. The van der Waals surface area contributed by atoms with Crippen LogP contribution in [0.5, 0.6) is 0 Å². The van der Waals surface area contributed by atoms with Gasteiger partial charge in [0.1, 0.15) is 4.88 Å². The monoisotopic (exact) mass is 414 g/mol. The fraction of sp³-hybridized carbons (Fsp3) is 0. The minimum atomic E-state index is -0.124. The maximum atomic E-state index is 13.7. The number of carbonyl (C=O) groups excluding carboxylic acids is 1. The van der Waals surface area contributed by atoms with Crippen LogP contribution in [0.1, 0.15) is 9.67 Å². The first-order valence-electron chi connectivity index (χ1n) is 9.14. The van der Waals surface area contributed by atoms with E-state index in [-0.39, 0.29) is 5.91 Å². The maximum Gasteiger partial charge on any atom is 0.275 e.